The minimum atomic E-state index is 0.0690. The number of hydrogen-bond donors (Lipinski definition) is 1. The third-order valence-electron chi connectivity index (χ3n) is 3.10. The monoisotopic (exact) mass is 250 g/mol. The Hall–Kier alpha value is -0.930. The molecule has 0 bridgehead atoms. The van der Waals surface area contributed by atoms with Crippen LogP contribution in [0.2, 0.25) is 0 Å². The molecule has 0 saturated heterocycles. The molecule has 18 heavy (non-hydrogen) atoms. The fourth-order valence-corrected chi connectivity index (χ4v) is 2.07. The molecule has 0 spiro atoms. The first-order valence-electron chi connectivity index (χ1n) is 6.72. The van der Waals surface area contributed by atoms with Crippen molar-refractivity contribution in [2.45, 2.75) is 52.7 Å². The number of nitrogens with two attached hydrogens (primary N) is 1. The highest BCUT2D eigenvalue weighted by atomic mass is 16.5. The van der Waals surface area contributed by atoms with Gasteiger partial charge in [-0.15, -0.1) is 0 Å². The van der Waals surface area contributed by atoms with Crippen LogP contribution in [0.4, 0.5) is 0 Å². The molecule has 0 fully saturated rings. The van der Waals surface area contributed by atoms with E-state index in [1.54, 1.807) is 0 Å². The predicted molar refractivity (Wildman–Crippen MR) is 75.4 cm³/mol. The molecule has 0 aromatic carbocycles. The van der Waals surface area contributed by atoms with Crippen LogP contribution in [0.25, 0.3) is 0 Å². The molecule has 3 nitrogen and oxygen atoms in total. The molecule has 0 aliphatic rings. The fourth-order valence-electron chi connectivity index (χ4n) is 2.07. The van der Waals surface area contributed by atoms with E-state index in [0.717, 1.165) is 18.5 Å². The Balaban J connectivity index is 2.48. The average Bonchev–Trinajstić information content (AvgIpc) is 2.33. The van der Waals surface area contributed by atoms with Crippen molar-refractivity contribution in [3.8, 4) is 0 Å². The van der Waals surface area contributed by atoms with Crippen molar-refractivity contribution in [1.82, 2.24) is 4.98 Å². The van der Waals surface area contributed by atoms with Crippen LogP contribution in [0.1, 0.15) is 39.8 Å². The maximum Gasteiger partial charge on any atom is 0.0774 e. The largest absolute Gasteiger partial charge is 0.376 e. The van der Waals surface area contributed by atoms with Gasteiger partial charge in [0.15, 0.2) is 0 Å². The molecular weight excluding hydrogens is 224 g/mol. The van der Waals surface area contributed by atoms with Crippen molar-refractivity contribution in [3.63, 3.8) is 0 Å². The molecule has 0 saturated carbocycles. The van der Waals surface area contributed by atoms with Gasteiger partial charge in [-0.2, -0.15) is 0 Å². The Bertz CT molecular complexity index is 332. The van der Waals surface area contributed by atoms with E-state index in [2.05, 4.69) is 32.7 Å². The maximum atomic E-state index is 6.14. The summed E-state index contributed by atoms with van der Waals surface area (Å²) in [7, 11) is 0. The Kier molecular flexibility index (Phi) is 5.76. The molecule has 1 aromatic rings. The molecule has 0 radical (unpaired) electrons. The summed E-state index contributed by atoms with van der Waals surface area (Å²) in [6.45, 7) is 9.30. The molecule has 1 heterocycles. The molecule has 1 rings (SSSR count). The molecular formula is C15H26N2O. The second kappa shape index (κ2) is 6.86. The van der Waals surface area contributed by atoms with Crippen LogP contribution in [-0.2, 0) is 11.2 Å². The summed E-state index contributed by atoms with van der Waals surface area (Å²) in [6.07, 6.45) is 3.68. The molecule has 3 heteroatoms. The summed E-state index contributed by atoms with van der Waals surface area (Å²) in [4.78, 5) is 4.29. The van der Waals surface area contributed by atoms with Crippen LogP contribution >= 0.6 is 0 Å². The van der Waals surface area contributed by atoms with Gasteiger partial charge in [-0.1, -0.05) is 33.8 Å². The topological polar surface area (TPSA) is 48.1 Å². The number of nitrogens with zero attached hydrogens (tertiary/aromatic N) is 1. The first-order chi connectivity index (χ1) is 8.45. The van der Waals surface area contributed by atoms with Crippen molar-refractivity contribution in [2.24, 2.45) is 11.1 Å². The Morgan fingerprint density at radius 3 is 2.56 bits per heavy atom. The maximum absolute atomic E-state index is 6.14. The van der Waals surface area contributed by atoms with Crippen molar-refractivity contribution in [1.29, 1.82) is 0 Å². The number of aromatic nitrogens is 1. The molecule has 0 amide bonds. The molecule has 1 aromatic heterocycles. The van der Waals surface area contributed by atoms with Gasteiger partial charge in [0, 0.05) is 24.4 Å². The van der Waals surface area contributed by atoms with Gasteiger partial charge in [-0.3, -0.25) is 4.98 Å². The molecule has 2 unspecified atom stereocenters. The Morgan fingerprint density at radius 1 is 1.33 bits per heavy atom. The van der Waals surface area contributed by atoms with Crippen LogP contribution in [0.5, 0.6) is 0 Å². The molecule has 0 aliphatic carbocycles. The molecule has 2 N–H and O–H groups in total. The summed E-state index contributed by atoms with van der Waals surface area (Å²) in [6, 6.07) is 6.04. The highest BCUT2D eigenvalue weighted by Gasteiger charge is 2.29. The van der Waals surface area contributed by atoms with Gasteiger partial charge in [-0.05, 0) is 24.0 Å². The van der Waals surface area contributed by atoms with E-state index in [-0.39, 0.29) is 17.6 Å². The Morgan fingerprint density at radius 2 is 2.06 bits per heavy atom. The summed E-state index contributed by atoms with van der Waals surface area (Å²) >= 11 is 0. The van der Waals surface area contributed by atoms with E-state index in [0.29, 0.717) is 6.61 Å². The predicted octanol–water partition coefficient (Wildman–Crippen LogP) is 2.79. The van der Waals surface area contributed by atoms with Gasteiger partial charge in [0.25, 0.3) is 0 Å². The van der Waals surface area contributed by atoms with Crippen molar-refractivity contribution < 1.29 is 4.74 Å². The summed E-state index contributed by atoms with van der Waals surface area (Å²) < 4.78 is 6.00. The first kappa shape index (κ1) is 15.1. The standard InChI is InChI=1S/C15H26N2O/c1-5-13(16)14(15(2,3)4)18-11-9-12-8-6-7-10-17-12/h6-8,10,13-14H,5,9,11,16H2,1-4H3. The fraction of sp³-hybridized carbons (Fsp3) is 0.667. The van der Waals surface area contributed by atoms with Gasteiger partial charge >= 0.3 is 0 Å². The highest BCUT2D eigenvalue weighted by molar-refractivity contribution is 5.03. The van der Waals surface area contributed by atoms with Crippen LogP contribution < -0.4 is 5.73 Å². The van der Waals surface area contributed by atoms with E-state index in [1.165, 1.54) is 0 Å². The molecule has 2 atom stereocenters. The minimum Gasteiger partial charge on any atom is -0.376 e. The van der Waals surface area contributed by atoms with Crippen LogP contribution in [0.15, 0.2) is 24.4 Å². The molecule has 102 valence electrons. The van der Waals surface area contributed by atoms with E-state index >= 15 is 0 Å². The van der Waals surface area contributed by atoms with E-state index in [4.69, 9.17) is 10.5 Å². The average molecular weight is 250 g/mol. The van der Waals surface area contributed by atoms with E-state index in [1.807, 2.05) is 24.4 Å². The number of ether oxygens (including phenoxy) is 1. The summed E-state index contributed by atoms with van der Waals surface area (Å²) in [5.41, 5.74) is 7.28. The van der Waals surface area contributed by atoms with Crippen LogP contribution in [0, 0.1) is 5.41 Å². The quantitative estimate of drug-likeness (QED) is 0.844. The third kappa shape index (κ3) is 4.75. The van der Waals surface area contributed by atoms with Crippen molar-refractivity contribution >= 4 is 0 Å². The SMILES string of the molecule is CCC(N)C(OCCc1ccccn1)C(C)(C)C. The van der Waals surface area contributed by atoms with Crippen LogP contribution in [-0.4, -0.2) is 23.7 Å². The third-order valence-corrected chi connectivity index (χ3v) is 3.10. The van der Waals surface area contributed by atoms with Crippen LogP contribution in [0.3, 0.4) is 0 Å². The van der Waals surface area contributed by atoms with Crippen molar-refractivity contribution in [3.05, 3.63) is 30.1 Å². The van der Waals surface area contributed by atoms with Gasteiger partial charge in [0.2, 0.25) is 0 Å². The minimum absolute atomic E-state index is 0.0690. The van der Waals surface area contributed by atoms with E-state index in [9.17, 15) is 0 Å². The zero-order valence-corrected chi connectivity index (χ0v) is 12.0. The second-order valence-electron chi connectivity index (χ2n) is 5.80. The highest BCUT2D eigenvalue weighted by Crippen LogP contribution is 2.25. The zero-order chi connectivity index (χ0) is 13.6. The van der Waals surface area contributed by atoms with Gasteiger partial charge in [0.05, 0.1) is 12.7 Å². The van der Waals surface area contributed by atoms with Gasteiger partial charge in [0.1, 0.15) is 0 Å². The van der Waals surface area contributed by atoms with Gasteiger partial charge < -0.3 is 10.5 Å². The van der Waals surface area contributed by atoms with Gasteiger partial charge in [-0.25, -0.2) is 0 Å². The summed E-state index contributed by atoms with van der Waals surface area (Å²) in [5.74, 6) is 0. The van der Waals surface area contributed by atoms with E-state index < -0.39 is 0 Å². The lowest BCUT2D eigenvalue weighted by atomic mass is 9.84. The smallest absolute Gasteiger partial charge is 0.0774 e. The van der Waals surface area contributed by atoms with Crippen molar-refractivity contribution in [2.75, 3.05) is 6.61 Å². The lowest BCUT2D eigenvalue weighted by Gasteiger charge is -2.34. The second-order valence-corrected chi connectivity index (χ2v) is 5.80. The number of rotatable bonds is 6. The summed E-state index contributed by atoms with van der Waals surface area (Å²) in [5, 5.41) is 0. The first-order valence-corrected chi connectivity index (χ1v) is 6.72. The number of pyridine rings is 1. The lowest BCUT2D eigenvalue weighted by Crippen LogP contribution is -2.45. The lowest BCUT2D eigenvalue weighted by molar-refractivity contribution is -0.0330. The number of hydrogen-bond acceptors (Lipinski definition) is 3. The zero-order valence-electron chi connectivity index (χ0n) is 12.0. The normalized spacial score (nSPS) is 15.4. The Labute approximate surface area is 111 Å². The molecule has 0 aliphatic heterocycles.